The molecule has 1 aromatic rings. The third-order valence-electron chi connectivity index (χ3n) is 2.37. The number of nitrogens with zero attached hydrogens (tertiary/aromatic N) is 3. The van der Waals surface area contributed by atoms with Crippen LogP contribution < -0.4 is 0 Å². The molecule has 1 aromatic heterocycles. The summed E-state index contributed by atoms with van der Waals surface area (Å²) in [7, 11) is 0. The molecule has 2 rings (SSSR count). The Morgan fingerprint density at radius 2 is 2.50 bits per heavy atom. The van der Waals surface area contributed by atoms with Crippen molar-refractivity contribution in [2.75, 3.05) is 0 Å². The van der Waals surface area contributed by atoms with E-state index in [9.17, 15) is 4.79 Å². The average molecular weight is 165 g/mol. The van der Waals surface area contributed by atoms with Gasteiger partial charge >= 0.3 is 0 Å². The van der Waals surface area contributed by atoms with Crippen molar-refractivity contribution in [2.24, 2.45) is 0 Å². The van der Waals surface area contributed by atoms with Crippen LogP contribution in [0, 0.1) is 0 Å². The van der Waals surface area contributed by atoms with E-state index >= 15 is 0 Å². The minimum Gasteiger partial charge on any atom is -0.302 e. The summed E-state index contributed by atoms with van der Waals surface area (Å²) in [6, 6.07) is 0. The lowest BCUT2D eigenvalue weighted by molar-refractivity contribution is -0.110. The van der Waals surface area contributed by atoms with Crippen molar-refractivity contribution in [1.29, 1.82) is 0 Å². The molecule has 4 heteroatoms. The van der Waals surface area contributed by atoms with Gasteiger partial charge in [-0.2, -0.15) is 5.10 Å². The first-order valence-corrected chi connectivity index (χ1v) is 4.17. The van der Waals surface area contributed by atoms with Crippen molar-refractivity contribution in [3.05, 3.63) is 12.2 Å². The van der Waals surface area contributed by atoms with E-state index in [4.69, 9.17) is 0 Å². The van der Waals surface area contributed by atoms with E-state index in [-0.39, 0.29) is 5.41 Å². The van der Waals surface area contributed by atoms with E-state index in [1.807, 2.05) is 6.92 Å². The molecule has 1 saturated carbocycles. The standard InChI is InChI=1S/C8H11N3O/c1-2-11-7(9-6-10-11)8(5-12)3-4-8/h5-6H,2-4H2,1H3. The van der Waals surface area contributed by atoms with Crippen LogP contribution in [0.1, 0.15) is 25.6 Å². The molecule has 1 heterocycles. The first-order chi connectivity index (χ1) is 5.82. The molecule has 0 saturated heterocycles. The summed E-state index contributed by atoms with van der Waals surface area (Å²) in [6.45, 7) is 2.78. The molecular formula is C8H11N3O. The Morgan fingerprint density at radius 1 is 1.75 bits per heavy atom. The lowest BCUT2D eigenvalue weighted by Gasteiger charge is -2.06. The highest BCUT2D eigenvalue weighted by molar-refractivity contribution is 5.70. The van der Waals surface area contributed by atoms with Crippen molar-refractivity contribution < 1.29 is 4.79 Å². The number of aryl methyl sites for hydroxylation is 1. The number of rotatable bonds is 3. The maximum absolute atomic E-state index is 10.8. The van der Waals surface area contributed by atoms with Crippen LogP contribution in [0.5, 0.6) is 0 Å². The molecule has 0 unspecified atom stereocenters. The number of aromatic nitrogens is 3. The summed E-state index contributed by atoms with van der Waals surface area (Å²) in [5.41, 5.74) is -0.285. The maximum atomic E-state index is 10.8. The fourth-order valence-corrected chi connectivity index (χ4v) is 1.41. The summed E-state index contributed by atoms with van der Waals surface area (Å²) in [5.74, 6) is 0.833. The highest BCUT2D eigenvalue weighted by Gasteiger charge is 2.48. The van der Waals surface area contributed by atoms with Crippen LogP contribution in [0.25, 0.3) is 0 Å². The molecule has 1 aliphatic rings. The van der Waals surface area contributed by atoms with Gasteiger partial charge in [0, 0.05) is 6.54 Å². The summed E-state index contributed by atoms with van der Waals surface area (Å²) in [6.07, 6.45) is 4.37. The van der Waals surface area contributed by atoms with Crippen molar-refractivity contribution in [1.82, 2.24) is 14.8 Å². The van der Waals surface area contributed by atoms with Crippen molar-refractivity contribution in [3.8, 4) is 0 Å². The molecule has 4 nitrogen and oxygen atoms in total. The number of hydrogen-bond donors (Lipinski definition) is 0. The minimum absolute atomic E-state index is 0.285. The van der Waals surface area contributed by atoms with Gasteiger partial charge in [0.1, 0.15) is 18.4 Å². The van der Waals surface area contributed by atoms with Gasteiger partial charge in [0.25, 0.3) is 0 Å². The lowest BCUT2D eigenvalue weighted by Crippen LogP contribution is -2.16. The zero-order chi connectivity index (χ0) is 8.60. The highest BCUT2D eigenvalue weighted by Crippen LogP contribution is 2.44. The maximum Gasteiger partial charge on any atom is 0.140 e. The van der Waals surface area contributed by atoms with Gasteiger partial charge in [0.2, 0.25) is 0 Å². The molecule has 0 radical (unpaired) electrons. The number of hydrogen-bond acceptors (Lipinski definition) is 3. The summed E-state index contributed by atoms with van der Waals surface area (Å²) in [4.78, 5) is 14.9. The second-order valence-electron chi connectivity index (χ2n) is 3.17. The van der Waals surface area contributed by atoms with Crippen LogP contribution in [0.3, 0.4) is 0 Å². The largest absolute Gasteiger partial charge is 0.302 e. The number of aldehydes is 1. The van der Waals surface area contributed by atoms with E-state index in [1.54, 1.807) is 4.68 Å². The van der Waals surface area contributed by atoms with Crippen molar-refractivity contribution in [3.63, 3.8) is 0 Å². The molecule has 0 spiro atoms. The Bertz CT molecular complexity index is 301. The monoisotopic (exact) mass is 165 g/mol. The van der Waals surface area contributed by atoms with Gasteiger partial charge in [0.15, 0.2) is 0 Å². The fraction of sp³-hybridized carbons (Fsp3) is 0.625. The number of carbonyl (C=O) groups excluding carboxylic acids is 1. The molecule has 0 atom stereocenters. The van der Waals surface area contributed by atoms with E-state index in [0.717, 1.165) is 31.5 Å². The first kappa shape index (κ1) is 7.46. The third kappa shape index (κ3) is 0.873. The van der Waals surface area contributed by atoms with Gasteiger partial charge in [-0.1, -0.05) is 0 Å². The molecule has 12 heavy (non-hydrogen) atoms. The molecule has 64 valence electrons. The van der Waals surface area contributed by atoms with Gasteiger partial charge in [-0.3, -0.25) is 0 Å². The smallest absolute Gasteiger partial charge is 0.140 e. The summed E-state index contributed by atoms with van der Waals surface area (Å²) < 4.78 is 1.79. The Kier molecular flexibility index (Phi) is 1.49. The zero-order valence-corrected chi connectivity index (χ0v) is 7.03. The second kappa shape index (κ2) is 2.40. The van der Waals surface area contributed by atoms with Crippen molar-refractivity contribution in [2.45, 2.75) is 31.7 Å². The van der Waals surface area contributed by atoms with Crippen molar-refractivity contribution >= 4 is 6.29 Å². The zero-order valence-electron chi connectivity index (χ0n) is 7.03. The Balaban J connectivity index is 2.38. The van der Waals surface area contributed by atoms with E-state index in [1.165, 1.54) is 6.33 Å². The normalized spacial score (nSPS) is 19.1. The highest BCUT2D eigenvalue weighted by atomic mass is 16.1. The minimum atomic E-state index is -0.285. The van der Waals surface area contributed by atoms with Gasteiger partial charge in [-0.15, -0.1) is 0 Å². The summed E-state index contributed by atoms with van der Waals surface area (Å²) >= 11 is 0. The van der Waals surface area contributed by atoms with Crippen LogP contribution >= 0.6 is 0 Å². The van der Waals surface area contributed by atoms with Gasteiger partial charge in [-0.05, 0) is 19.8 Å². The Labute approximate surface area is 70.6 Å². The van der Waals surface area contributed by atoms with E-state index < -0.39 is 0 Å². The Morgan fingerprint density at radius 3 is 3.00 bits per heavy atom. The topological polar surface area (TPSA) is 47.8 Å². The Hall–Kier alpha value is -1.19. The van der Waals surface area contributed by atoms with E-state index in [0.29, 0.717) is 0 Å². The SMILES string of the molecule is CCn1ncnc1C1(C=O)CC1. The molecular weight excluding hydrogens is 154 g/mol. The number of carbonyl (C=O) groups is 1. The van der Waals surface area contributed by atoms with Crippen LogP contribution in [0.4, 0.5) is 0 Å². The van der Waals surface area contributed by atoms with Gasteiger partial charge in [-0.25, -0.2) is 9.67 Å². The second-order valence-corrected chi connectivity index (χ2v) is 3.17. The van der Waals surface area contributed by atoms with Crippen LogP contribution in [0.15, 0.2) is 6.33 Å². The molecule has 0 N–H and O–H groups in total. The van der Waals surface area contributed by atoms with E-state index in [2.05, 4.69) is 10.1 Å². The summed E-state index contributed by atoms with van der Waals surface area (Å²) in [5, 5.41) is 4.04. The quantitative estimate of drug-likeness (QED) is 0.614. The molecule has 0 aliphatic heterocycles. The average Bonchev–Trinajstić information content (AvgIpc) is 2.76. The van der Waals surface area contributed by atoms with Gasteiger partial charge < -0.3 is 4.79 Å². The van der Waals surface area contributed by atoms with Gasteiger partial charge in [0.05, 0.1) is 5.41 Å². The molecule has 0 bridgehead atoms. The predicted molar refractivity (Wildman–Crippen MR) is 42.7 cm³/mol. The lowest BCUT2D eigenvalue weighted by atomic mass is 10.1. The predicted octanol–water partition coefficient (Wildman–Crippen LogP) is 0.528. The van der Waals surface area contributed by atoms with Crippen LogP contribution in [-0.4, -0.2) is 21.1 Å². The van der Waals surface area contributed by atoms with Crippen LogP contribution in [-0.2, 0) is 16.8 Å². The fourth-order valence-electron chi connectivity index (χ4n) is 1.41. The molecule has 0 aromatic carbocycles. The first-order valence-electron chi connectivity index (χ1n) is 4.17. The molecule has 1 fully saturated rings. The van der Waals surface area contributed by atoms with Crippen LogP contribution in [0.2, 0.25) is 0 Å². The third-order valence-corrected chi connectivity index (χ3v) is 2.37. The molecule has 0 amide bonds. The molecule has 1 aliphatic carbocycles.